The molecule has 3 rings (SSSR count). The van der Waals surface area contributed by atoms with E-state index in [1.807, 2.05) is 24.1 Å². The van der Waals surface area contributed by atoms with E-state index in [2.05, 4.69) is 20.3 Å². The zero-order valence-corrected chi connectivity index (χ0v) is 15.9. The molecule has 138 valence electrons. The maximum Gasteiger partial charge on any atom is 0.271 e. The second-order valence-corrected chi connectivity index (χ2v) is 7.62. The van der Waals surface area contributed by atoms with Crippen LogP contribution >= 0.6 is 11.3 Å². The van der Waals surface area contributed by atoms with E-state index in [0.717, 1.165) is 42.2 Å². The first kappa shape index (κ1) is 18.4. The number of aryl methyl sites for hydroxylation is 2. The van der Waals surface area contributed by atoms with Crippen molar-refractivity contribution in [3.05, 3.63) is 39.9 Å². The summed E-state index contributed by atoms with van der Waals surface area (Å²) >= 11 is 1.56. The molecule has 2 aromatic rings. The van der Waals surface area contributed by atoms with Gasteiger partial charge < -0.3 is 10.2 Å². The Morgan fingerprint density at radius 2 is 2.08 bits per heavy atom. The SMILES string of the molecule is Cc1cnc(C(=O)N[C@H]2CCCN(C(=O)Cc3csc(C)n3)CC2)cn1. The standard InChI is InChI=1S/C18H23N5O2S/c1-12-9-20-16(10-19-12)18(25)22-14-4-3-6-23(7-5-14)17(24)8-15-11-26-13(2)21-15/h9-11,14H,3-8H2,1-2H3,(H,22,25)/t14-/m0/s1. The van der Waals surface area contributed by atoms with Gasteiger partial charge in [-0.2, -0.15) is 0 Å². The molecule has 2 aromatic heterocycles. The van der Waals surface area contributed by atoms with Crippen LogP contribution in [0, 0.1) is 13.8 Å². The van der Waals surface area contributed by atoms with Crippen LogP contribution in [-0.2, 0) is 11.2 Å². The molecular formula is C18H23N5O2S. The number of nitrogens with zero attached hydrogens (tertiary/aromatic N) is 4. The Labute approximate surface area is 156 Å². The van der Waals surface area contributed by atoms with Crippen LogP contribution < -0.4 is 5.32 Å². The third-order valence-corrected chi connectivity index (χ3v) is 5.25. The van der Waals surface area contributed by atoms with Crippen molar-refractivity contribution < 1.29 is 9.59 Å². The predicted molar refractivity (Wildman–Crippen MR) is 99.0 cm³/mol. The first-order valence-corrected chi connectivity index (χ1v) is 9.67. The molecule has 0 bridgehead atoms. The first-order valence-electron chi connectivity index (χ1n) is 8.79. The van der Waals surface area contributed by atoms with E-state index >= 15 is 0 Å². The van der Waals surface area contributed by atoms with Crippen molar-refractivity contribution in [1.29, 1.82) is 0 Å². The minimum Gasteiger partial charge on any atom is -0.348 e. The molecule has 1 saturated heterocycles. The van der Waals surface area contributed by atoms with Gasteiger partial charge in [0.2, 0.25) is 5.91 Å². The number of hydrogen-bond acceptors (Lipinski definition) is 6. The molecule has 2 amide bonds. The minimum atomic E-state index is -0.208. The van der Waals surface area contributed by atoms with Gasteiger partial charge in [-0.3, -0.25) is 14.6 Å². The zero-order chi connectivity index (χ0) is 18.5. The van der Waals surface area contributed by atoms with E-state index in [0.29, 0.717) is 18.7 Å². The third-order valence-electron chi connectivity index (χ3n) is 4.43. The lowest BCUT2D eigenvalue weighted by Gasteiger charge is -2.20. The zero-order valence-electron chi connectivity index (χ0n) is 15.1. The molecule has 8 heteroatoms. The second kappa shape index (κ2) is 8.35. The van der Waals surface area contributed by atoms with Gasteiger partial charge in [0.15, 0.2) is 0 Å². The van der Waals surface area contributed by atoms with Gasteiger partial charge in [-0.05, 0) is 33.1 Å². The quantitative estimate of drug-likeness (QED) is 0.884. The van der Waals surface area contributed by atoms with E-state index in [1.54, 1.807) is 17.5 Å². The van der Waals surface area contributed by atoms with Gasteiger partial charge >= 0.3 is 0 Å². The maximum absolute atomic E-state index is 12.5. The first-order chi connectivity index (χ1) is 12.5. The summed E-state index contributed by atoms with van der Waals surface area (Å²) in [7, 11) is 0. The lowest BCUT2D eigenvalue weighted by Crippen LogP contribution is -2.37. The summed E-state index contributed by atoms with van der Waals surface area (Å²) in [6.45, 7) is 5.14. The Kier molecular flexibility index (Phi) is 5.92. The number of hydrogen-bond donors (Lipinski definition) is 1. The van der Waals surface area contributed by atoms with E-state index in [-0.39, 0.29) is 17.9 Å². The van der Waals surface area contributed by atoms with Gasteiger partial charge in [0.05, 0.1) is 29.0 Å². The van der Waals surface area contributed by atoms with Crippen LogP contribution in [0.3, 0.4) is 0 Å². The Morgan fingerprint density at radius 1 is 1.23 bits per heavy atom. The Hall–Kier alpha value is -2.35. The third kappa shape index (κ3) is 4.85. The van der Waals surface area contributed by atoms with Gasteiger partial charge in [0.1, 0.15) is 5.69 Å². The Bertz CT molecular complexity index is 774. The Morgan fingerprint density at radius 3 is 2.77 bits per heavy atom. The molecule has 1 aliphatic heterocycles. The monoisotopic (exact) mass is 373 g/mol. The van der Waals surface area contributed by atoms with E-state index in [1.165, 1.54) is 6.20 Å². The number of thiazole rings is 1. The number of carbonyl (C=O) groups is 2. The summed E-state index contributed by atoms with van der Waals surface area (Å²) in [5.41, 5.74) is 1.94. The van der Waals surface area contributed by atoms with E-state index < -0.39 is 0 Å². The molecule has 7 nitrogen and oxygen atoms in total. The number of carbonyl (C=O) groups excluding carboxylic acids is 2. The molecule has 1 N–H and O–H groups in total. The van der Waals surface area contributed by atoms with Crippen molar-refractivity contribution in [2.24, 2.45) is 0 Å². The molecule has 1 atom stereocenters. The van der Waals surface area contributed by atoms with Crippen molar-refractivity contribution in [1.82, 2.24) is 25.2 Å². The molecule has 0 aliphatic carbocycles. The number of nitrogens with one attached hydrogen (secondary N) is 1. The maximum atomic E-state index is 12.5. The molecule has 3 heterocycles. The number of rotatable bonds is 4. The van der Waals surface area contributed by atoms with Gasteiger partial charge in [0, 0.05) is 30.7 Å². The highest BCUT2D eigenvalue weighted by Crippen LogP contribution is 2.14. The molecular weight excluding hydrogens is 350 g/mol. The molecule has 0 spiro atoms. The smallest absolute Gasteiger partial charge is 0.271 e. The van der Waals surface area contributed by atoms with Crippen LogP contribution in [0.1, 0.15) is 46.1 Å². The van der Waals surface area contributed by atoms with E-state index in [4.69, 9.17) is 0 Å². The summed E-state index contributed by atoms with van der Waals surface area (Å²) < 4.78 is 0. The largest absolute Gasteiger partial charge is 0.348 e. The lowest BCUT2D eigenvalue weighted by molar-refractivity contribution is -0.130. The van der Waals surface area contributed by atoms with Crippen LogP contribution in [0.4, 0.5) is 0 Å². The predicted octanol–water partition coefficient (Wildman–Crippen LogP) is 1.90. The van der Waals surface area contributed by atoms with Crippen molar-refractivity contribution in [3.8, 4) is 0 Å². The van der Waals surface area contributed by atoms with Crippen LogP contribution in [0.15, 0.2) is 17.8 Å². The van der Waals surface area contributed by atoms with Crippen molar-refractivity contribution >= 4 is 23.2 Å². The fourth-order valence-electron chi connectivity index (χ4n) is 3.02. The lowest BCUT2D eigenvalue weighted by atomic mass is 10.1. The van der Waals surface area contributed by atoms with Crippen LogP contribution in [0.5, 0.6) is 0 Å². The van der Waals surface area contributed by atoms with E-state index in [9.17, 15) is 9.59 Å². The number of likely N-dealkylation sites (tertiary alicyclic amines) is 1. The summed E-state index contributed by atoms with van der Waals surface area (Å²) in [4.78, 5) is 39.3. The summed E-state index contributed by atoms with van der Waals surface area (Å²) in [6.07, 6.45) is 5.89. The summed E-state index contributed by atoms with van der Waals surface area (Å²) in [5, 5.41) is 5.94. The van der Waals surface area contributed by atoms with Gasteiger partial charge in [-0.15, -0.1) is 11.3 Å². The van der Waals surface area contributed by atoms with Crippen molar-refractivity contribution in [2.45, 2.75) is 45.6 Å². The minimum absolute atomic E-state index is 0.0462. The fraction of sp³-hybridized carbons (Fsp3) is 0.500. The number of amides is 2. The van der Waals surface area contributed by atoms with Gasteiger partial charge in [-0.25, -0.2) is 9.97 Å². The van der Waals surface area contributed by atoms with Gasteiger partial charge in [-0.1, -0.05) is 0 Å². The molecule has 0 unspecified atom stereocenters. The summed E-state index contributed by atoms with van der Waals surface area (Å²) in [6, 6.07) is 0.0462. The molecule has 0 saturated carbocycles. The second-order valence-electron chi connectivity index (χ2n) is 6.56. The number of aromatic nitrogens is 3. The highest BCUT2D eigenvalue weighted by atomic mass is 32.1. The van der Waals surface area contributed by atoms with Crippen LogP contribution in [-0.4, -0.2) is 50.8 Å². The summed E-state index contributed by atoms with van der Waals surface area (Å²) in [5.74, 6) is -0.105. The van der Waals surface area contributed by atoms with Crippen LogP contribution in [0.25, 0.3) is 0 Å². The van der Waals surface area contributed by atoms with Crippen molar-refractivity contribution in [3.63, 3.8) is 0 Å². The molecule has 1 aliphatic rings. The topological polar surface area (TPSA) is 88.1 Å². The van der Waals surface area contributed by atoms with Gasteiger partial charge in [0.25, 0.3) is 5.91 Å². The highest BCUT2D eigenvalue weighted by molar-refractivity contribution is 7.09. The average molecular weight is 373 g/mol. The fourth-order valence-corrected chi connectivity index (χ4v) is 3.63. The molecule has 0 aromatic carbocycles. The molecule has 26 heavy (non-hydrogen) atoms. The molecule has 1 fully saturated rings. The Balaban J connectivity index is 1.52. The normalized spacial score (nSPS) is 17.6. The highest BCUT2D eigenvalue weighted by Gasteiger charge is 2.23. The van der Waals surface area contributed by atoms with Crippen LogP contribution in [0.2, 0.25) is 0 Å². The molecule has 0 radical (unpaired) electrons. The van der Waals surface area contributed by atoms with Crippen molar-refractivity contribution in [2.75, 3.05) is 13.1 Å². The average Bonchev–Trinajstić information content (AvgIpc) is 2.88.